The number of nitrogens with one attached hydrogen (secondary N) is 2. The fourth-order valence-corrected chi connectivity index (χ4v) is 3.80. The lowest BCUT2D eigenvalue weighted by molar-refractivity contribution is -0.134. The summed E-state index contributed by atoms with van der Waals surface area (Å²) in [6.07, 6.45) is 6.27. The van der Waals surface area contributed by atoms with Gasteiger partial charge in [-0.2, -0.15) is 5.10 Å². The molecule has 1 aromatic heterocycles. The van der Waals surface area contributed by atoms with Crippen LogP contribution < -0.4 is 10.6 Å². The third-order valence-corrected chi connectivity index (χ3v) is 5.33. The number of nitrogens with zero attached hydrogens (tertiary/aromatic N) is 4. The predicted octanol–water partition coefficient (Wildman–Crippen LogP) is 0.807. The zero-order valence-corrected chi connectivity index (χ0v) is 15.4. The molecule has 1 saturated carbocycles. The molecular weight excluding hydrogens is 360 g/mol. The van der Waals surface area contributed by atoms with E-state index in [2.05, 4.69) is 20.7 Å². The largest absolute Gasteiger partial charge is 0.350 e. The van der Waals surface area contributed by atoms with Crippen molar-refractivity contribution in [3.8, 4) is 0 Å². The minimum absolute atomic E-state index is 0.253. The second kappa shape index (κ2) is 7.41. The third-order valence-electron chi connectivity index (χ3n) is 5.33. The first-order valence-electron chi connectivity index (χ1n) is 9.37. The smallest absolute Gasteiger partial charge is 0.325 e. The lowest BCUT2D eigenvalue weighted by Crippen LogP contribution is -2.45. The van der Waals surface area contributed by atoms with Gasteiger partial charge in [-0.25, -0.2) is 14.5 Å². The van der Waals surface area contributed by atoms with Gasteiger partial charge in [0.25, 0.3) is 5.91 Å². The first-order chi connectivity index (χ1) is 13.6. The number of imide groups is 1. The highest BCUT2D eigenvalue weighted by atomic mass is 16.2. The Labute approximate surface area is 162 Å². The van der Waals surface area contributed by atoms with Crippen molar-refractivity contribution < 1.29 is 14.4 Å². The van der Waals surface area contributed by atoms with Crippen molar-refractivity contribution >= 4 is 17.8 Å². The normalized spacial score (nSPS) is 17.9. The molecule has 1 aliphatic carbocycles. The highest BCUT2D eigenvalue weighted by molar-refractivity contribution is 6.09. The monoisotopic (exact) mass is 382 g/mol. The topological polar surface area (TPSA) is 109 Å². The number of carbonyl (C=O) groups is 3. The summed E-state index contributed by atoms with van der Waals surface area (Å²) < 4.78 is 1.73. The zero-order valence-electron chi connectivity index (χ0n) is 15.4. The van der Waals surface area contributed by atoms with Gasteiger partial charge >= 0.3 is 6.03 Å². The highest BCUT2D eigenvalue weighted by Gasteiger charge is 2.52. The molecule has 0 radical (unpaired) electrons. The number of hydrogen-bond acceptors (Lipinski definition) is 5. The molecule has 2 heterocycles. The average molecular weight is 382 g/mol. The van der Waals surface area contributed by atoms with Crippen LogP contribution in [-0.2, 0) is 22.7 Å². The Balaban J connectivity index is 1.28. The standard InChI is InChI=1S/C19H22N6O3/c26-16(11-25-17(27)19(23-18(25)28)7-1-2-8-19)21-9-14-3-5-15(6-4-14)10-24-13-20-12-22-24/h3-6,12-13H,1-2,7-11H2,(H,21,26)(H,23,28). The molecule has 1 aliphatic heterocycles. The summed E-state index contributed by atoms with van der Waals surface area (Å²) in [6.45, 7) is 0.703. The summed E-state index contributed by atoms with van der Waals surface area (Å²) in [5.74, 6) is -0.632. The third kappa shape index (κ3) is 3.60. The van der Waals surface area contributed by atoms with E-state index in [0.29, 0.717) is 25.9 Å². The fourth-order valence-electron chi connectivity index (χ4n) is 3.80. The van der Waals surface area contributed by atoms with Crippen molar-refractivity contribution in [1.29, 1.82) is 0 Å². The quantitative estimate of drug-likeness (QED) is 0.719. The van der Waals surface area contributed by atoms with Gasteiger partial charge < -0.3 is 10.6 Å². The van der Waals surface area contributed by atoms with Crippen molar-refractivity contribution in [3.63, 3.8) is 0 Å². The Hall–Kier alpha value is -3.23. The number of urea groups is 1. The van der Waals surface area contributed by atoms with Gasteiger partial charge in [-0.1, -0.05) is 37.1 Å². The maximum Gasteiger partial charge on any atom is 0.325 e. The van der Waals surface area contributed by atoms with Gasteiger partial charge in [0.2, 0.25) is 5.91 Å². The highest BCUT2D eigenvalue weighted by Crippen LogP contribution is 2.34. The average Bonchev–Trinajstić information content (AvgIpc) is 3.41. The van der Waals surface area contributed by atoms with Crippen LogP contribution in [-0.4, -0.2) is 49.6 Å². The van der Waals surface area contributed by atoms with Gasteiger partial charge in [0.15, 0.2) is 0 Å². The molecule has 1 saturated heterocycles. The SMILES string of the molecule is O=C(CN1C(=O)NC2(CCCC2)C1=O)NCc1ccc(Cn2cncn2)cc1. The van der Waals surface area contributed by atoms with Gasteiger partial charge in [0.05, 0.1) is 6.54 Å². The molecule has 28 heavy (non-hydrogen) atoms. The van der Waals surface area contributed by atoms with Crippen LogP contribution in [0.5, 0.6) is 0 Å². The Morgan fingerprint density at radius 2 is 1.86 bits per heavy atom. The summed E-state index contributed by atoms with van der Waals surface area (Å²) in [7, 11) is 0. The number of carbonyl (C=O) groups excluding carboxylic acids is 3. The van der Waals surface area contributed by atoms with Crippen molar-refractivity contribution in [2.75, 3.05) is 6.54 Å². The molecule has 9 nitrogen and oxygen atoms in total. The molecule has 0 unspecified atom stereocenters. The molecular formula is C19H22N6O3. The van der Waals surface area contributed by atoms with Gasteiger partial charge in [-0.3, -0.25) is 14.5 Å². The Kier molecular flexibility index (Phi) is 4.81. The molecule has 2 aliphatic rings. The van der Waals surface area contributed by atoms with Gasteiger partial charge in [0.1, 0.15) is 24.7 Å². The molecule has 0 atom stereocenters. The number of benzene rings is 1. The van der Waals surface area contributed by atoms with Crippen molar-refractivity contribution in [3.05, 3.63) is 48.0 Å². The van der Waals surface area contributed by atoms with E-state index in [-0.39, 0.29) is 18.4 Å². The minimum Gasteiger partial charge on any atom is -0.350 e. The molecule has 2 N–H and O–H groups in total. The van der Waals surface area contributed by atoms with Gasteiger partial charge in [-0.15, -0.1) is 0 Å². The lowest BCUT2D eigenvalue weighted by atomic mass is 9.98. The number of rotatable bonds is 6. The van der Waals surface area contributed by atoms with Crippen LogP contribution >= 0.6 is 0 Å². The van der Waals surface area contributed by atoms with E-state index in [1.807, 2.05) is 24.3 Å². The lowest BCUT2D eigenvalue weighted by Gasteiger charge is -2.19. The Bertz CT molecular complexity index is 872. The first kappa shape index (κ1) is 18.1. The van der Waals surface area contributed by atoms with E-state index >= 15 is 0 Å². The Morgan fingerprint density at radius 3 is 2.54 bits per heavy atom. The van der Waals surface area contributed by atoms with Crippen LogP contribution in [0, 0.1) is 0 Å². The second-order valence-corrected chi connectivity index (χ2v) is 7.30. The van der Waals surface area contributed by atoms with Crippen LogP contribution in [0.2, 0.25) is 0 Å². The van der Waals surface area contributed by atoms with Gasteiger partial charge in [0, 0.05) is 6.54 Å². The molecule has 4 rings (SSSR count). The summed E-state index contributed by atoms with van der Waals surface area (Å²) in [5, 5.41) is 9.61. The van der Waals surface area contributed by atoms with Crippen molar-refractivity contribution in [2.45, 2.75) is 44.3 Å². The van der Waals surface area contributed by atoms with E-state index in [0.717, 1.165) is 28.9 Å². The van der Waals surface area contributed by atoms with E-state index in [4.69, 9.17) is 0 Å². The second-order valence-electron chi connectivity index (χ2n) is 7.30. The van der Waals surface area contributed by atoms with Crippen LogP contribution in [0.3, 0.4) is 0 Å². The predicted molar refractivity (Wildman–Crippen MR) is 98.9 cm³/mol. The zero-order chi connectivity index (χ0) is 19.6. The molecule has 9 heteroatoms. The van der Waals surface area contributed by atoms with E-state index < -0.39 is 11.6 Å². The van der Waals surface area contributed by atoms with Gasteiger partial charge in [-0.05, 0) is 24.0 Å². The van der Waals surface area contributed by atoms with Crippen LogP contribution in [0.1, 0.15) is 36.8 Å². The maximum atomic E-state index is 12.6. The van der Waals surface area contributed by atoms with Crippen molar-refractivity contribution in [1.82, 2.24) is 30.3 Å². The molecule has 2 fully saturated rings. The summed E-state index contributed by atoms with van der Waals surface area (Å²) in [6, 6.07) is 7.30. The fraction of sp³-hybridized carbons (Fsp3) is 0.421. The summed E-state index contributed by atoms with van der Waals surface area (Å²) >= 11 is 0. The summed E-state index contributed by atoms with van der Waals surface area (Å²) in [4.78, 5) is 41.9. The van der Waals surface area contributed by atoms with E-state index in [9.17, 15) is 14.4 Å². The molecule has 0 bridgehead atoms. The minimum atomic E-state index is -0.780. The maximum absolute atomic E-state index is 12.6. The summed E-state index contributed by atoms with van der Waals surface area (Å²) in [5.41, 5.74) is 1.22. The molecule has 2 aromatic rings. The number of aromatic nitrogens is 3. The van der Waals surface area contributed by atoms with Crippen LogP contribution in [0.4, 0.5) is 4.79 Å². The first-order valence-corrected chi connectivity index (χ1v) is 9.37. The van der Waals surface area contributed by atoms with Crippen molar-refractivity contribution in [2.24, 2.45) is 0 Å². The number of hydrogen-bond donors (Lipinski definition) is 2. The van der Waals surface area contributed by atoms with Crippen LogP contribution in [0.25, 0.3) is 0 Å². The van der Waals surface area contributed by atoms with Crippen LogP contribution in [0.15, 0.2) is 36.9 Å². The molecule has 1 aromatic carbocycles. The Morgan fingerprint density at radius 1 is 1.14 bits per heavy atom. The van der Waals surface area contributed by atoms with E-state index in [1.54, 1.807) is 11.0 Å². The number of amides is 4. The molecule has 4 amide bonds. The van der Waals surface area contributed by atoms with E-state index in [1.165, 1.54) is 6.33 Å². The molecule has 146 valence electrons. The molecule has 1 spiro atoms.